The maximum atomic E-state index is 12.9. The van der Waals surface area contributed by atoms with Crippen LogP contribution in [0.4, 0.5) is 0 Å². The molecule has 126 valence electrons. The SMILES string of the molecule is CNC(=O)[C@@]12CCO[C@@H]1CCN(S(=O)(=O)c1cccc(C)c1)C2. The summed E-state index contributed by atoms with van der Waals surface area (Å²) < 4.78 is 33.0. The molecule has 1 aromatic carbocycles. The summed E-state index contributed by atoms with van der Waals surface area (Å²) in [6.45, 7) is 2.91. The van der Waals surface area contributed by atoms with E-state index >= 15 is 0 Å². The number of sulfonamides is 1. The van der Waals surface area contributed by atoms with Gasteiger partial charge in [0.05, 0.1) is 16.4 Å². The number of carbonyl (C=O) groups is 1. The molecule has 2 aliphatic heterocycles. The van der Waals surface area contributed by atoms with E-state index in [9.17, 15) is 13.2 Å². The van der Waals surface area contributed by atoms with E-state index in [1.165, 1.54) is 4.31 Å². The number of benzene rings is 1. The molecule has 0 bridgehead atoms. The van der Waals surface area contributed by atoms with Crippen LogP contribution in [0, 0.1) is 12.3 Å². The molecule has 0 aromatic heterocycles. The monoisotopic (exact) mass is 338 g/mol. The van der Waals surface area contributed by atoms with Crippen molar-refractivity contribution in [1.82, 2.24) is 9.62 Å². The number of hydrogen-bond acceptors (Lipinski definition) is 4. The van der Waals surface area contributed by atoms with Crippen molar-refractivity contribution in [2.45, 2.75) is 30.8 Å². The van der Waals surface area contributed by atoms with Crippen molar-refractivity contribution in [3.05, 3.63) is 29.8 Å². The molecule has 0 aliphatic carbocycles. The van der Waals surface area contributed by atoms with Gasteiger partial charge in [0.15, 0.2) is 0 Å². The quantitative estimate of drug-likeness (QED) is 0.889. The van der Waals surface area contributed by atoms with Crippen LogP contribution >= 0.6 is 0 Å². The van der Waals surface area contributed by atoms with Gasteiger partial charge in [0, 0.05) is 26.7 Å². The third-order valence-corrected chi connectivity index (χ3v) is 6.73. The van der Waals surface area contributed by atoms with Crippen LogP contribution in [-0.2, 0) is 19.6 Å². The van der Waals surface area contributed by atoms with Gasteiger partial charge in [-0.25, -0.2) is 8.42 Å². The Balaban J connectivity index is 1.94. The molecule has 2 saturated heterocycles. The van der Waals surface area contributed by atoms with Gasteiger partial charge in [-0.15, -0.1) is 0 Å². The highest BCUT2D eigenvalue weighted by atomic mass is 32.2. The van der Waals surface area contributed by atoms with Crippen molar-refractivity contribution >= 4 is 15.9 Å². The molecule has 2 heterocycles. The Morgan fingerprint density at radius 2 is 2.22 bits per heavy atom. The second kappa shape index (κ2) is 5.89. The molecule has 2 fully saturated rings. The Labute approximate surface area is 136 Å². The summed E-state index contributed by atoms with van der Waals surface area (Å²) in [4.78, 5) is 12.7. The first-order chi connectivity index (χ1) is 10.9. The summed E-state index contributed by atoms with van der Waals surface area (Å²) in [6, 6.07) is 6.87. The molecule has 23 heavy (non-hydrogen) atoms. The maximum Gasteiger partial charge on any atom is 0.243 e. The van der Waals surface area contributed by atoms with Gasteiger partial charge in [-0.2, -0.15) is 4.31 Å². The van der Waals surface area contributed by atoms with E-state index < -0.39 is 15.4 Å². The molecule has 1 aromatic rings. The predicted octanol–water partition coefficient (Wildman–Crippen LogP) is 0.911. The molecule has 1 amide bonds. The number of hydrogen-bond donors (Lipinski definition) is 1. The van der Waals surface area contributed by atoms with E-state index in [0.29, 0.717) is 26.0 Å². The normalized spacial score (nSPS) is 28.3. The van der Waals surface area contributed by atoms with E-state index in [1.807, 2.05) is 13.0 Å². The number of carbonyl (C=O) groups excluding carboxylic acids is 1. The summed E-state index contributed by atoms with van der Waals surface area (Å²) in [5.74, 6) is -0.135. The van der Waals surface area contributed by atoms with E-state index in [4.69, 9.17) is 4.74 Å². The number of nitrogens with zero attached hydrogens (tertiary/aromatic N) is 1. The molecule has 7 heteroatoms. The number of aryl methyl sites for hydroxylation is 1. The van der Waals surface area contributed by atoms with Crippen LogP contribution in [0.25, 0.3) is 0 Å². The number of ether oxygens (including phenoxy) is 1. The number of amides is 1. The van der Waals surface area contributed by atoms with Gasteiger partial charge in [-0.3, -0.25) is 4.79 Å². The van der Waals surface area contributed by atoms with Gasteiger partial charge >= 0.3 is 0 Å². The first kappa shape index (κ1) is 16.4. The molecule has 0 radical (unpaired) electrons. The Morgan fingerprint density at radius 1 is 1.43 bits per heavy atom. The molecule has 0 saturated carbocycles. The van der Waals surface area contributed by atoms with Crippen LogP contribution in [0.3, 0.4) is 0 Å². The zero-order valence-corrected chi connectivity index (χ0v) is 14.2. The Bertz CT molecular complexity index is 719. The minimum Gasteiger partial charge on any atom is -0.377 e. The lowest BCUT2D eigenvalue weighted by Crippen LogP contribution is -2.57. The van der Waals surface area contributed by atoms with Crippen molar-refractivity contribution < 1.29 is 17.9 Å². The van der Waals surface area contributed by atoms with E-state index in [-0.39, 0.29) is 23.5 Å². The molecular weight excluding hydrogens is 316 g/mol. The van der Waals surface area contributed by atoms with Gasteiger partial charge in [0.1, 0.15) is 0 Å². The van der Waals surface area contributed by atoms with E-state index in [2.05, 4.69) is 5.32 Å². The average Bonchev–Trinajstić information content (AvgIpc) is 2.98. The predicted molar refractivity (Wildman–Crippen MR) is 85.4 cm³/mol. The van der Waals surface area contributed by atoms with Gasteiger partial charge in [-0.1, -0.05) is 12.1 Å². The lowest BCUT2D eigenvalue weighted by molar-refractivity contribution is -0.136. The van der Waals surface area contributed by atoms with Crippen molar-refractivity contribution in [1.29, 1.82) is 0 Å². The van der Waals surface area contributed by atoms with Crippen molar-refractivity contribution in [2.24, 2.45) is 5.41 Å². The maximum absolute atomic E-state index is 12.9. The summed E-state index contributed by atoms with van der Waals surface area (Å²) in [6.07, 6.45) is 0.891. The third-order valence-electron chi connectivity index (χ3n) is 4.89. The molecule has 2 atom stereocenters. The van der Waals surface area contributed by atoms with Crippen molar-refractivity contribution in [3.8, 4) is 0 Å². The summed E-state index contributed by atoms with van der Waals surface area (Å²) >= 11 is 0. The zero-order chi connectivity index (χ0) is 16.7. The Hall–Kier alpha value is -1.44. The van der Waals surface area contributed by atoms with Crippen LogP contribution in [0.15, 0.2) is 29.2 Å². The fourth-order valence-electron chi connectivity index (χ4n) is 3.61. The molecule has 6 nitrogen and oxygen atoms in total. The lowest BCUT2D eigenvalue weighted by atomic mass is 9.76. The fourth-order valence-corrected chi connectivity index (χ4v) is 5.24. The molecule has 0 unspecified atom stereocenters. The number of piperidine rings is 1. The third kappa shape index (κ3) is 2.66. The highest BCUT2D eigenvalue weighted by molar-refractivity contribution is 7.89. The molecule has 2 aliphatic rings. The zero-order valence-electron chi connectivity index (χ0n) is 13.4. The molecule has 3 rings (SSSR count). The highest BCUT2D eigenvalue weighted by Gasteiger charge is 2.54. The average molecular weight is 338 g/mol. The van der Waals surface area contributed by atoms with Gasteiger partial charge < -0.3 is 10.1 Å². The van der Waals surface area contributed by atoms with Crippen LogP contribution in [-0.4, -0.2) is 51.5 Å². The van der Waals surface area contributed by atoms with Crippen molar-refractivity contribution in [2.75, 3.05) is 26.7 Å². The van der Waals surface area contributed by atoms with Crippen LogP contribution in [0.2, 0.25) is 0 Å². The number of nitrogens with one attached hydrogen (secondary N) is 1. The Kier molecular flexibility index (Phi) is 4.20. The topological polar surface area (TPSA) is 75.7 Å². The number of rotatable bonds is 3. The molecule has 1 N–H and O–H groups in total. The van der Waals surface area contributed by atoms with E-state index in [1.54, 1.807) is 25.2 Å². The summed E-state index contributed by atoms with van der Waals surface area (Å²) in [5, 5.41) is 2.68. The number of fused-ring (bicyclic) bond motifs is 1. The first-order valence-electron chi connectivity index (χ1n) is 7.81. The minimum atomic E-state index is -3.61. The summed E-state index contributed by atoms with van der Waals surface area (Å²) in [5.41, 5.74) is 0.121. The van der Waals surface area contributed by atoms with Crippen LogP contribution < -0.4 is 5.32 Å². The van der Waals surface area contributed by atoms with Gasteiger partial charge in [0.2, 0.25) is 15.9 Å². The van der Waals surface area contributed by atoms with E-state index in [0.717, 1.165) is 5.56 Å². The first-order valence-corrected chi connectivity index (χ1v) is 9.25. The smallest absolute Gasteiger partial charge is 0.243 e. The minimum absolute atomic E-state index is 0.135. The van der Waals surface area contributed by atoms with Crippen LogP contribution in [0.1, 0.15) is 18.4 Å². The summed E-state index contributed by atoms with van der Waals surface area (Å²) in [7, 11) is -2.02. The van der Waals surface area contributed by atoms with Crippen LogP contribution in [0.5, 0.6) is 0 Å². The second-order valence-corrected chi connectivity index (χ2v) is 8.23. The standard InChI is InChI=1S/C16H22N2O4S/c1-12-4-3-5-13(10-12)23(20,21)18-8-6-14-16(11-18,7-9-22-14)15(19)17-2/h3-5,10,14H,6-9,11H2,1-2H3,(H,17,19)/t14-,16-/m1/s1. The van der Waals surface area contributed by atoms with Crippen molar-refractivity contribution in [3.63, 3.8) is 0 Å². The molecule has 0 spiro atoms. The lowest BCUT2D eigenvalue weighted by Gasteiger charge is -2.41. The second-order valence-electron chi connectivity index (χ2n) is 6.29. The largest absolute Gasteiger partial charge is 0.377 e. The Morgan fingerprint density at radius 3 is 2.91 bits per heavy atom. The highest BCUT2D eigenvalue weighted by Crippen LogP contribution is 2.42. The molecular formula is C16H22N2O4S. The fraction of sp³-hybridized carbons (Fsp3) is 0.562. The van der Waals surface area contributed by atoms with Gasteiger partial charge in [0.25, 0.3) is 0 Å². The van der Waals surface area contributed by atoms with Gasteiger partial charge in [-0.05, 0) is 37.5 Å².